The minimum Gasteiger partial charge on any atom is -0.352 e. The number of hydrogen-bond donors (Lipinski definition) is 2. The SMILES string of the molecule is CCCCCNC(=O)c1ccc(NC(=O)C2CC2)cc1. The molecule has 0 aliphatic heterocycles. The molecule has 0 atom stereocenters. The number of carbonyl (C=O) groups is 2. The summed E-state index contributed by atoms with van der Waals surface area (Å²) in [6, 6.07) is 7.05. The molecule has 4 heteroatoms. The van der Waals surface area contributed by atoms with Crippen LogP contribution in [0.3, 0.4) is 0 Å². The van der Waals surface area contributed by atoms with Gasteiger partial charge in [-0.3, -0.25) is 9.59 Å². The summed E-state index contributed by atoms with van der Waals surface area (Å²) in [6.45, 7) is 2.85. The molecule has 1 aromatic rings. The second kappa shape index (κ2) is 7.08. The normalized spacial score (nSPS) is 13.8. The van der Waals surface area contributed by atoms with Crippen molar-refractivity contribution in [1.82, 2.24) is 5.32 Å². The fourth-order valence-corrected chi connectivity index (χ4v) is 1.97. The Morgan fingerprint density at radius 3 is 2.45 bits per heavy atom. The summed E-state index contributed by atoms with van der Waals surface area (Å²) in [5.41, 5.74) is 1.38. The highest BCUT2D eigenvalue weighted by atomic mass is 16.2. The van der Waals surface area contributed by atoms with Crippen LogP contribution in [0.4, 0.5) is 5.69 Å². The molecule has 0 unspecified atom stereocenters. The van der Waals surface area contributed by atoms with Crippen molar-refractivity contribution in [1.29, 1.82) is 0 Å². The van der Waals surface area contributed by atoms with Gasteiger partial charge in [-0.15, -0.1) is 0 Å². The van der Waals surface area contributed by atoms with E-state index in [-0.39, 0.29) is 17.7 Å². The van der Waals surface area contributed by atoms with Gasteiger partial charge in [0.2, 0.25) is 5.91 Å². The predicted octanol–water partition coefficient (Wildman–Crippen LogP) is 2.96. The van der Waals surface area contributed by atoms with Crippen molar-refractivity contribution in [3.8, 4) is 0 Å². The van der Waals surface area contributed by atoms with Crippen molar-refractivity contribution >= 4 is 17.5 Å². The van der Waals surface area contributed by atoms with Crippen LogP contribution in [0.5, 0.6) is 0 Å². The average Bonchev–Trinajstić information content (AvgIpc) is 3.29. The first kappa shape index (κ1) is 14.6. The van der Waals surface area contributed by atoms with Crippen LogP contribution in [-0.4, -0.2) is 18.4 Å². The van der Waals surface area contributed by atoms with E-state index < -0.39 is 0 Å². The summed E-state index contributed by atoms with van der Waals surface area (Å²) < 4.78 is 0. The van der Waals surface area contributed by atoms with Crippen LogP contribution in [0.15, 0.2) is 24.3 Å². The molecule has 0 spiro atoms. The van der Waals surface area contributed by atoms with E-state index in [0.29, 0.717) is 12.1 Å². The van der Waals surface area contributed by atoms with Gasteiger partial charge in [0.1, 0.15) is 0 Å². The number of amides is 2. The van der Waals surface area contributed by atoms with Crippen LogP contribution in [0.2, 0.25) is 0 Å². The van der Waals surface area contributed by atoms with Gasteiger partial charge < -0.3 is 10.6 Å². The minimum absolute atomic E-state index is 0.0545. The van der Waals surface area contributed by atoms with Crippen molar-refractivity contribution in [2.45, 2.75) is 39.0 Å². The summed E-state index contributed by atoms with van der Waals surface area (Å²) >= 11 is 0. The van der Waals surface area contributed by atoms with Crippen LogP contribution in [0, 0.1) is 5.92 Å². The highest BCUT2D eigenvalue weighted by molar-refractivity contribution is 5.96. The van der Waals surface area contributed by atoms with Crippen molar-refractivity contribution in [2.24, 2.45) is 5.92 Å². The zero-order valence-electron chi connectivity index (χ0n) is 11.9. The molecule has 2 rings (SSSR count). The van der Waals surface area contributed by atoms with Gasteiger partial charge in [-0.2, -0.15) is 0 Å². The van der Waals surface area contributed by atoms with E-state index in [1.807, 2.05) is 0 Å². The van der Waals surface area contributed by atoms with Crippen LogP contribution in [0.25, 0.3) is 0 Å². The van der Waals surface area contributed by atoms with Gasteiger partial charge in [-0.05, 0) is 43.5 Å². The number of benzene rings is 1. The molecule has 1 aromatic carbocycles. The molecule has 0 aromatic heterocycles. The molecule has 0 saturated heterocycles. The van der Waals surface area contributed by atoms with Crippen LogP contribution < -0.4 is 10.6 Å². The van der Waals surface area contributed by atoms with Crippen LogP contribution in [-0.2, 0) is 4.79 Å². The first-order valence-electron chi connectivity index (χ1n) is 7.40. The molecule has 2 amide bonds. The monoisotopic (exact) mass is 274 g/mol. The van der Waals surface area contributed by atoms with Gasteiger partial charge in [-0.1, -0.05) is 19.8 Å². The van der Waals surface area contributed by atoms with Crippen molar-refractivity contribution in [3.05, 3.63) is 29.8 Å². The van der Waals surface area contributed by atoms with E-state index in [9.17, 15) is 9.59 Å². The average molecular weight is 274 g/mol. The Morgan fingerprint density at radius 2 is 1.85 bits per heavy atom. The zero-order chi connectivity index (χ0) is 14.4. The molecular formula is C16H22N2O2. The van der Waals surface area contributed by atoms with E-state index >= 15 is 0 Å². The largest absolute Gasteiger partial charge is 0.352 e. The molecule has 108 valence electrons. The fourth-order valence-electron chi connectivity index (χ4n) is 1.97. The quantitative estimate of drug-likeness (QED) is 0.751. The van der Waals surface area contributed by atoms with E-state index in [1.54, 1.807) is 24.3 Å². The minimum atomic E-state index is -0.0545. The van der Waals surface area contributed by atoms with Crippen molar-refractivity contribution in [3.63, 3.8) is 0 Å². The lowest BCUT2D eigenvalue weighted by molar-refractivity contribution is -0.117. The van der Waals surface area contributed by atoms with Crippen molar-refractivity contribution < 1.29 is 9.59 Å². The first-order chi connectivity index (χ1) is 9.70. The standard InChI is InChI=1S/C16H22N2O2/c1-2-3-4-11-17-15(19)12-7-9-14(10-8-12)18-16(20)13-5-6-13/h7-10,13H,2-6,11H2,1H3,(H,17,19)(H,18,20). The smallest absolute Gasteiger partial charge is 0.251 e. The third kappa shape index (κ3) is 4.37. The molecule has 1 saturated carbocycles. The van der Waals surface area contributed by atoms with E-state index in [0.717, 1.165) is 37.8 Å². The highest BCUT2D eigenvalue weighted by Gasteiger charge is 2.29. The Bertz CT molecular complexity index is 464. The summed E-state index contributed by atoms with van der Waals surface area (Å²) in [5, 5.41) is 5.76. The van der Waals surface area contributed by atoms with Gasteiger partial charge in [0.05, 0.1) is 0 Å². The summed E-state index contributed by atoms with van der Waals surface area (Å²) in [6.07, 6.45) is 5.27. The maximum atomic E-state index is 11.9. The highest BCUT2D eigenvalue weighted by Crippen LogP contribution is 2.30. The first-order valence-corrected chi connectivity index (χ1v) is 7.40. The fraction of sp³-hybridized carbons (Fsp3) is 0.500. The molecule has 20 heavy (non-hydrogen) atoms. The van der Waals surface area contributed by atoms with Gasteiger partial charge in [-0.25, -0.2) is 0 Å². The number of unbranched alkanes of at least 4 members (excludes halogenated alkanes) is 2. The molecule has 0 heterocycles. The Labute approximate surface area is 119 Å². The topological polar surface area (TPSA) is 58.2 Å². The second-order valence-electron chi connectivity index (χ2n) is 5.30. The summed E-state index contributed by atoms with van der Waals surface area (Å²) in [7, 11) is 0. The lowest BCUT2D eigenvalue weighted by Gasteiger charge is -2.07. The maximum Gasteiger partial charge on any atom is 0.251 e. The molecule has 0 radical (unpaired) electrons. The summed E-state index contributed by atoms with van der Waals surface area (Å²) in [5.74, 6) is 0.222. The van der Waals surface area contributed by atoms with Crippen LogP contribution in [0.1, 0.15) is 49.4 Å². The van der Waals surface area contributed by atoms with Crippen molar-refractivity contribution in [2.75, 3.05) is 11.9 Å². The van der Waals surface area contributed by atoms with Gasteiger partial charge in [0.15, 0.2) is 0 Å². The number of anilines is 1. The zero-order valence-corrected chi connectivity index (χ0v) is 11.9. The molecule has 4 nitrogen and oxygen atoms in total. The van der Waals surface area contributed by atoms with Crippen LogP contribution >= 0.6 is 0 Å². The van der Waals surface area contributed by atoms with Gasteiger partial charge in [0, 0.05) is 23.7 Å². The van der Waals surface area contributed by atoms with Gasteiger partial charge in [0.25, 0.3) is 5.91 Å². The third-order valence-electron chi connectivity index (χ3n) is 3.43. The molecule has 1 aliphatic carbocycles. The number of hydrogen-bond acceptors (Lipinski definition) is 2. The Balaban J connectivity index is 1.80. The molecular weight excluding hydrogens is 252 g/mol. The van der Waals surface area contributed by atoms with E-state index in [4.69, 9.17) is 0 Å². The molecule has 2 N–H and O–H groups in total. The molecule has 0 bridgehead atoms. The lowest BCUT2D eigenvalue weighted by Crippen LogP contribution is -2.24. The maximum absolute atomic E-state index is 11.9. The van der Waals surface area contributed by atoms with E-state index in [1.165, 1.54) is 0 Å². The second-order valence-corrected chi connectivity index (χ2v) is 5.30. The molecule has 1 fully saturated rings. The Morgan fingerprint density at radius 1 is 1.15 bits per heavy atom. The van der Waals surface area contributed by atoms with Gasteiger partial charge >= 0.3 is 0 Å². The Kier molecular flexibility index (Phi) is 5.16. The molecule has 1 aliphatic rings. The number of carbonyl (C=O) groups excluding carboxylic acids is 2. The summed E-state index contributed by atoms with van der Waals surface area (Å²) in [4.78, 5) is 23.5. The third-order valence-corrected chi connectivity index (χ3v) is 3.43. The Hall–Kier alpha value is -1.84. The van der Waals surface area contributed by atoms with E-state index in [2.05, 4.69) is 17.6 Å². The lowest BCUT2D eigenvalue weighted by atomic mass is 10.2. The number of rotatable bonds is 7. The predicted molar refractivity (Wildman–Crippen MR) is 79.7 cm³/mol. The number of nitrogens with one attached hydrogen (secondary N) is 2.